The molecule has 1 aliphatic heterocycles. The monoisotopic (exact) mass is 410 g/mol. The summed E-state index contributed by atoms with van der Waals surface area (Å²) in [7, 11) is -3.70. The summed E-state index contributed by atoms with van der Waals surface area (Å²) in [6.07, 6.45) is 1.35. The fraction of sp³-hybridized carbons (Fsp3) is 0.278. The van der Waals surface area contributed by atoms with Crippen LogP contribution in [0.4, 0.5) is 11.4 Å². The van der Waals surface area contributed by atoms with E-state index in [2.05, 4.69) is 5.32 Å². The first-order chi connectivity index (χ1) is 12.8. The Hall–Kier alpha value is -2.45. The van der Waals surface area contributed by atoms with Gasteiger partial charge in [-0.1, -0.05) is 18.5 Å². The fourth-order valence-corrected chi connectivity index (χ4v) is 4.19. The Bertz CT molecular complexity index is 947. The first-order valence-electron chi connectivity index (χ1n) is 8.25. The summed E-state index contributed by atoms with van der Waals surface area (Å²) >= 11 is 5.89. The van der Waals surface area contributed by atoms with Gasteiger partial charge in [0.1, 0.15) is 6.04 Å². The highest BCUT2D eigenvalue weighted by Gasteiger charge is 2.31. The number of hydrogen-bond acceptors (Lipinski definition) is 5. The standard InChI is InChI=1S/C18H19ClN2O5S/c1-3-15(21(27(2,23)24)14-7-4-12(19)5-8-14)18(22)20-13-6-9-16-17(10-13)26-11-25-16/h4-10,15H,3,11H2,1-2H3,(H,20,22). The van der Waals surface area contributed by atoms with Crippen molar-refractivity contribution in [1.29, 1.82) is 0 Å². The van der Waals surface area contributed by atoms with Gasteiger partial charge >= 0.3 is 0 Å². The number of sulfonamides is 1. The van der Waals surface area contributed by atoms with Crippen LogP contribution in [0.1, 0.15) is 13.3 Å². The summed E-state index contributed by atoms with van der Waals surface area (Å²) in [5.41, 5.74) is 0.863. The molecule has 2 aromatic rings. The van der Waals surface area contributed by atoms with Gasteiger partial charge in [-0.25, -0.2) is 8.42 Å². The number of anilines is 2. The van der Waals surface area contributed by atoms with Crippen LogP contribution in [0.25, 0.3) is 0 Å². The van der Waals surface area contributed by atoms with Gasteiger partial charge in [0.15, 0.2) is 11.5 Å². The summed E-state index contributed by atoms with van der Waals surface area (Å²) in [6.45, 7) is 1.88. The lowest BCUT2D eigenvalue weighted by molar-refractivity contribution is -0.117. The highest BCUT2D eigenvalue weighted by Crippen LogP contribution is 2.34. The molecule has 0 saturated carbocycles. The van der Waals surface area contributed by atoms with Crippen LogP contribution in [0.5, 0.6) is 11.5 Å². The predicted octanol–water partition coefficient (Wildman–Crippen LogP) is 3.25. The molecule has 144 valence electrons. The molecular formula is C18H19ClN2O5S. The quantitative estimate of drug-likeness (QED) is 0.790. The van der Waals surface area contributed by atoms with E-state index in [1.807, 2.05) is 0 Å². The third-order valence-corrected chi connectivity index (χ3v) is 5.48. The zero-order valence-electron chi connectivity index (χ0n) is 14.8. The molecule has 0 radical (unpaired) electrons. The summed E-state index contributed by atoms with van der Waals surface area (Å²) < 4.78 is 36.5. The van der Waals surface area contributed by atoms with Gasteiger partial charge in [0.25, 0.3) is 0 Å². The van der Waals surface area contributed by atoms with E-state index in [0.717, 1.165) is 10.6 Å². The fourth-order valence-electron chi connectivity index (χ4n) is 2.85. The van der Waals surface area contributed by atoms with Crippen LogP contribution in [0.3, 0.4) is 0 Å². The van der Waals surface area contributed by atoms with Crippen molar-refractivity contribution in [2.45, 2.75) is 19.4 Å². The number of rotatable bonds is 6. The van der Waals surface area contributed by atoms with Crippen LogP contribution in [0, 0.1) is 0 Å². The molecule has 0 fully saturated rings. The molecule has 0 bridgehead atoms. The highest BCUT2D eigenvalue weighted by molar-refractivity contribution is 7.92. The summed E-state index contributed by atoms with van der Waals surface area (Å²) in [5, 5.41) is 3.23. The third-order valence-electron chi connectivity index (χ3n) is 4.05. The molecule has 0 spiro atoms. The number of carbonyl (C=O) groups is 1. The van der Waals surface area contributed by atoms with E-state index in [1.165, 1.54) is 0 Å². The lowest BCUT2D eigenvalue weighted by atomic mass is 10.1. The van der Waals surface area contributed by atoms with Crippen molar-refractivity contribution in [2.24, 2.45) is 0 Å². The molecule has 9 heteroatoms. The van der Waals surface area contributed by atoms with Crippen molar-refractivity contribution in [2.75, 3.05) is 22.7 Å². The summed E-state index contributed by atoms with van der Waals surface area (Å²) in [6, 6.07) is 10.4. The Morgan fingerprint density at radius 1 is 1.19 bits per heavy atom. The molecule has 1 aliphatic rings. The molecule has 1 N–H and O–H groups in total. The minimum absolute atomic E-state index is 0.128. The van der Waals surface area contributed by atoms with Gasteiger partial charge < -0.3 is 14.8 Å². The smallest absolute Gasteiger partial charge is 0.248 e. The van der Waals surface area contributed by atoms with Crippen LogP contribution in [-0.4, -0.2) is 33.4 Å². The van der Waals surface area contributed by atoms with Crippen LogP contribution in [-0.2, 0) is 14.8 Å². The van der Waals surface area contributed by atoms with E-state index in [-0.39, 0.29) is 13.2 Å². The van der Waals surface area contributed by atoms with E-state index in [4.69, 9.17) is 21.1 Å². The Balaban J connectivity index is 1.88. The first kappa shape index (κ1) is 19.3. The number of ether oxygens (including phenoxy) is 2. The lowest BCUT2D eigenvalue weighted by Crippen LogP contribution is -2.46. The number of fused-ring (bicyclic) bond motifs is 1. The number of benzene rings is 2. The lowest BCUT2D eigenvalue weighted by Gasteiger charge is -2.30. The maximum absolute atomic E-state index is 12.9. The van der Waals surface area contributed by atoms with E-state index in [1.54, 1.807) is 49.4 Å². The van der Waals surface area contributed by atoms with Gasteiger partial charge in [-0.05, 0) is 42.8 Å². The van der Waals surface area contributed by atoms with Crippen LogP contribution >= 0.6 is 11.6 Å². The molecule has 7 nitrogen and oxygen atoms in total. The molecule has 1 atom stereocenters. The second-order valence-electron chi connectivity index (χ2n) is 6.02. The molecule has 3 rings (SSSR count). The zero-order valence-corrected chi connectivity index (χ0v) is 16.4. The van der Waals surface area contributed by atoms with Crippen LogP contribution in [0.2, 0.25) is 5.02 Å². The molecule has 0 aliphatic carbocycles. The predicted molar refractivity (Wildman–Crippen MR) is 104 cm³/mol. The van der Waals surface area contributed by atoms with Crippen LogP contribution < -0.4 is 19.1 Å². The van der Waals surface area contributed by atoms with Crippen molar-refractivity contribution >= 4 is 38.9 Å². The second kappa shape index (κ2) is 7.66. The minimum atomic E-state index is -3.70. The van der Waals surface area contributed by atoms with Gasteiger partial charge in [-0.3, -0.25) is 9.10 Å². The number of hydrogen-bond donors (Lipinski definition) is 1. The average Bonchev–Trinajstić information content (AvgIpc) is 3.07. The van der Waals surface area contributed by atoms with Crippen molar-refractivity contribution in [1.82, 2.24) is 0 Å². The molecule has 1 amide bonds. The van der Waals surface area contributed by atoms with Gasteiger partial charge in [-0.15, -0.1) is 0 Å². The summed E-state index contributed by atoms with van der Waals surface area (Å²) in [5.74, 6) is 0.675. The molecule has 27 heavy (non-hydrogen) atoms. The number of amides is 1. The maximum atomic E-state index is 12.9. The zero-order chi connectivity index (χ0) is 19.6. The molecule has 1 heterocycles. The first-order valence-corrected chi connectivity index (χ1v) is 10.5. The normalized spacial score (nSPS) is 13.9. The van der Waals surface area contributed by atoms with Gasteiger partial charge in [-0.2, -0.15) is 0 Å². The third kappa shape index (κ3) is 4.28. The number of nitrogens with zero attached hydrogens (tertiary/aromatic N) is 1. The molecule has 2 aromatic carbocycles. The Labute approximate surface area is 162 Å². The molecule has 1 unspecified atom stereocenters. The average molecular weight is 411 g/mol. The Kier molecular flexibility index (Phi) is 5.48. The SMILES string of the molecule is CCC(C(=O)Nc1ccc2c(c1)OCO2)N(c1ccc(Cl)cc1)S(C)(=O)=O. The molecular weight excluding hydrogens is 392 g/mol. The van der Waals surface area contributed by atoms with E-state index < -0.39 is 22.0 Å². The van der Waals surface area contributed by atoms with E-state index in [9.17, 15) is 13.2 Å². The van der Waals surface area contributed by atoms with E-state index >= 15 is 0 Å². The maximum Gasteiger partial charge on any atom is 0.248 e. The van der Waals surface area contributed by atoms with Crippen molar-refractivity contribution < 1.29 is 22.7 Å². The number of halogens is 1. The highest BCUT2D eigenvalue weighted by atomic mass is 35.5. The topological polar surface area (TPSA) is 84.9 Å². The largest absolute Gasteiger partial charge is 0.454 e. The second-order valence-corrected chi connectivity index (χ2v) is 8.31. The van der Waals surface area contributed by atoms with Gasteiger partial charge in [0.05, 0.1) is 11.9 Å². The van der Waals surface area contributed by atoms with Crippen molar-refractivity contribution in [3.05, 3.63) is 47.5 Å². The molecule has 0 saturated heterocycles. The number of carbonyl (C=O) groups excluding carboxylic acids is 1. The minimum Gasteiger partial charge on any atom is -0.454 e. The molecule has 0 aromatic heterocycles. The van der Waals surface area contributed by atoms with Crippen molar-refractivity contribution in [3.63, 3.8) is 0 Å². The van der Waals surface area contributed by atoms with Gasteiger partial charge in [0, 0.05) is 16.8 Å². The van der Waals surface area contributed by atoms with Gasteiger partial charge in [0.2, 0.25) is 22.7 Å². The van der Waals surface area contributed by atoms with E-state index in [0.29, 0.717) is 27.9 Å². The summed E-state index contributed by atoms with van der Waals surface area (Å²) in [4.78, 5) is 12.9. The Morgan fingerprint density at radius 3 is 2.48 bits per heavy atom. The number of nitrogens with one attached hydrogen (secondary N) is 1. The Morgan fingerprint density at radius 2 is 1.85 bits per heavy atom. The van der Waals surface area contributed by atoms with Crippen molar-refractivity contribution in [3.8, 4) is 11.5 Å². The van der Waals surface area contributed by atoms with Crippen LogP contribution in [0.15, 0.2) is 42.5 Å².